The topological polar surface area (TPSA) is 18.5 Å². The maximum absolute atomic E-state index is 5.80. The van der Waals surface area contributed by atoms with Crippen LogP contribution in [0.2, 0.25) is 0 Å². The van der Waals surface area contributed by atoms with Crippen LogP contribution in [0, 0.1) is 5.92 Å². The standard InChI is InChI=1S/C13H22O2/c1-2-14-10-15-13-9-5-7-11-6-3-4-8-12(11)13/h8,11,13H,2-7,9-10H2,1H3/t11-,13+/m0/s1. The third kappa shape index (κ3) is 2.82. The number of fused-ring (bicyclic) bond motifs is 1. The van der Waals surface area contributed by atoms with E-state index in [1.54, 1.807) is 5.57 Å². The van der Waals surface area contributed by atoms with Gasteiger partial charge in [0, 0.05) is 6.61 Å². The molecule has 2 heteroatoms. The molecule has 0 aliphatic heterocycles. The van der Waals surface area contributed by atoms with Crippen LogP contribution in [0.4, 0.5) is 0 Å². The number of hydrogen-bond acceptors (Lipinski definition) is 2. The molecule has 0 spiro atoms. The third-order valence-corrected chi connectivity index (χ3v) is 3.56. The zero-order valence-electron chi connectivity index (χ0n) is 9.71. The second-order valence-electron chi connectivity index (χ2n) is 4.53. The molecule has 0 aromatic rings. The highest BCUT2D eigenvalue weighted by molar-refractivity contribution is 5.17. The van der Waals surface area contributed by atoms with Crippen LogP contribution in [-0.4, -0.2) is 19.5 Å². The largest absolute Gasteiger partial charge is 0.356 e. The van der Waals surface area contributed by atoms with Gasteiger partial charge in [0.15, 0.2) is 0 Å². The molecule has 2 aliphatic rings. The molecule has 86 valence electrons. The minimum atomic E-state index is 0.357. The van der Waals surface area contributed by atoms with E-state index in [1.807, 2.05) is 6.92 Å². The predicted octanol–water partition coefficient (Wildman–Crippen LogP) is 3.28. The summed E-state index contributed by atoms with van der Waals surface area (Å²) in [6.07, 6.45) is 10.7. The number of hydrogen-bond donors (Lipinski definition) is 0. The van der Waals surface area contributed by atoms with E-state index in [0.29, 0.717) is 12.9 Å². The molecule has 2 rings (SSSR count). The summed E-state index contributed by atoms with van der Waals surface area (Å²) in [4.78, 5) is 0. The maximum atomic E-state index is 5.80. The van der Waals surface area contributed by atoms with E-state index in [1.165, 1.54) is 38.5 Å². The Balaban J connectivity index is 1.89. The van der Waals surface area contributed by atoms with Crippen molar-refractivity contribution in [2.45, 2.75) is 51.6 Å². The summed E-state index contributed by atoms with van der Waals surface area (Å²) in [5.74, 6) is 0.819. The van der Waals surface area contributed by atoms with Crippen LogP contribution < -0.4 is 0 Å². The first-order valence-corrected chi connectivity index (χ1v) is 6.31. The van der Waals surface area contributed by atoms with Gasteiger partial charge in [-0.05, 0) is 56.9 Å². The van der Waals surface area contributed by atoms with E-state index in [4.69, 9.17) is 9.47 Å². The molecule has 0 saturated heterocycles. The first-order chi connectivity index (χ1) is 7.42. The van der Waals surface area contributed by atoms with Gasteiger partial charge < -0.3 is 9.47 Å². The van der Waals surface area contributed by atoms with Crippen molar-refractivity contribution < 1.29 is 9.47 Å². The van der Waals surface area contributed by atoms with Crippen molar-refractivity contribution in [1.29, 1.82) is 0 Å². The zero-order chi connectivity index (χ0) is 10.5. The Hall–Kier alpha value is -0.340. The smallest absolute Gasteiger partial charge is 0.147 e. The Morgan fingerprint density at radius 3 is 3.00 bits per heavy atom. The van der Waals surface area contributed by atoms with Crippen LogP contribution >= 0.6 is 0 Å². The SMILES string of the molecule is CCOCO[C@@H]1CCC[C@@H]2CCCC=C21. The molecule has 0 radical (unpaired) electrons. The van der Waals surface area contributed by atoms with Crippen LogP contribution in [0.15, 0.2) is 11.6 Å². The van der Waals surface area contributed by atoms with Gasteiger partial charge in [-0.25, -0.2) is 0 Å². The summed E-state index contributed by atoms with van der Waals surface area (Å²) < 4.78 is 11.1. The van der Waals surface area contributed by atoms with Crippen LogP contribution in [-0.2, 0) is 9.47 Å². The average Bonchev–Trinajstić information content (AvgIpc) is 2.30. The Kier molecular flexibility index (Phi) is 4.21. The predicted molar refractivity (Wildman–Crippen MR) is 60.6 cm³/mol. The Bertz CT molecular complexity index is 223. The van der Waals surface area contributed by atoms with Crippen LogP contribution in [0.3, 0.4) is 0 Å². The number of ether oxygens (including phenoxy) is 2. The lowest BCUT2D eigenvalue weighted by molar-refractivity contribution is -0.0839. The van der Waals surface area contributed by atoms with Gasteiger partial charge in [-0.3, -0.25) is 0 Å². The number of allylic oxidation sites excluding steroid dienone is 1. The van der Waals surface area contributed by atoms with Crippen molar-refractivity contribution in [2.75, 3.05) is 13.4 Å². The molecule has 2 aliphatic carbocycles. The van der Waals surface area contributed by atoms with Crippen molar-refractivity contribution in [3.8, 4) is 0 Å². The van der Waals surface area contributed by atoms with E-state index < -0.39 is 0 Å². The fraction of sp³-hybridized carbons (Fsp3) is 0.846. The van der Waals surface area contributed by atoms with E-state index in [0.717, 1.165) is 12.5 Å². The first kappa shape index (κ1) is 11.2. The molecular formula is C13H22O2. The monoisotopic (exact) mass is 210 g/mol. The highest BCUT2D eigenvalue weighted by Crippen LogP contribution is 2.37. The van der Waals surface area contributed by atoms with E-state index in [9.17, 15) is 0 Å². The highest BCUT2D eigenvalue weighted by Gasteiger charge is 2.29. The minimum Gasteiger partial charge on any atom is -0.356 e. The molecule has 1 saturated carbocycles. The maximum Gasteiger partial charge on any atom is 0.147 e. The first-order valence-electron chi connectivity index (χ1n) is 6.31. The van der Waals surface area contributed by atoms with Crippen LogP contribution in [0.1, 0.15) is 45.4 Å². The lowest BCUT2D eigenvalue weighted by Crippen LogP contribution is -2.28. The molecule has 0 aromatic heterocycles. The quantitative estimate of drug-likeness (QED) is 0.403. The molecule has 15 heavy (non-hydrogen) atoms. The fourth-order valence-electron chi connectivity index (χ4n) is 2.78. The Morgan fingerprint density at radius 2 is 2.13 bits per heavy atom. The summed E-state index contributed by atoms with van der Waals surface area (Å²) in [6.45, 7) is 3.22. The lowest BCUT2D eigenvalue weighted by atomic mass is 9.76. The summed E-state index contributed by atoms with van der Waals surface area (Å²) >= 11 is 0. The molecule has 2 nitrogen and oxygen atoms in total. The number of rotatable bonds is 4. The van der Waals surface area contributed by atoms with E-state index in [-0.39, 0.29) is 0 Å². The summed E-state index contributed by atoms with van der Waals surface area (Å²) in [5.41, 5.74) is 1.58. The molecule has 0 amide bonds. The Labute approximate surface area is 92.6 Å². The van der Waals surface area contributed by atoms with Crippen LogP contribution in [0.5, 0.6) is 0 Å². The van der Waals surface area contributed by atoms with Gasteiger partial charge in [-0.2, -0.15) is 0 Å². The summed E-state index contributed by atoms with van der Waals surface area (Å²) in [7, 11) is 0. The van der Waals surface area contributed by atoms with E-state index in [2.05, 4.69) is 6.08 Å². The molecule has 1 fully saturated rings. The summed E-state index contributed by atoms with van der Waals surface area (Å²) in [5, 5.41) is 0. The molecule has 0 aromatic carbocycles. The zero-order valence-corrected chi connectivity index (χ0v) is 9.71. The normalized spacial score (nSPS) is 30.9. The molecule has 0 unspecified atom stereocenters. The minimum absolute atomic E-state index is 0.357. The highest BCUT2D eigenvalue weighted by atomic mass is 16.7. The lowest BCUT2D eigenvalue weighted by Gasteiger charge is -2.35. The molecule has 2 atom stereocenters. The van der Waals surface area contributed by atoms with Crippen molar-refractivity contribution in [3.05, 3.63) is 11.6 Å². The van der Waals surface area contributed by atoms with Gasteiger partial charge in [-0.15, -0.1) is 0 Å². The van der Waals surface area contributed by atoms with Crippen molar-refractivity contribution in [1.82, 2.24) is 0 Å². The van der Waals surface area contributed by atoms with Crippen molar-refractivity contribution in [3.63, 3.8) is 0 Å². The third-order valence-electron chi connectivity index (χ3n) is 3.56. The van der Waals surface area contributed by atoms with E-state index >= 15 is 0 Å². The van der Waals surface area contributed by atoms with Crippen molar-refractivity contribution in [2.24, 2.45) is 5.92 Å². The van der Waals surface area contributed by atoms with Gasteiger partial charge >= 0.3 is 0 Å². The van der Waals surface area contributed by atoms with Gasteiger partial charge in [-0.1, -0.05) is 6.08 Å². The Morgan fingerprint density at radius 1 is 1.27 bits per heavy atom. The van der Waals surface area contributed by atoms with Gasteiger partial charge in [0.05, 0.1) is 6.10 Å². The second kappa shape index (κ2) is 5.66. The van der Waals surface area contributed by atoms with Crippen LogP contribution in [0.25, 0.3) is 0 Å². The average molecular weight is 210 g/mol. The molecule has 0 bridgehead atoms. The van der Waals surface area contributed by atoms with Gasteiger partial charge in [0.2, 0.25) is 0 Å². The van der Waals surface area contributed by atoms with Crippen molar-refractivity contribution >= 4 is 0 Å². The molecular weight excluding hydrogens is 188 g/mol. The second-order valence-corrected chi connectivity index (χ2v) is 4.53. The van der Waals surface area contributed by atoms with Gasteiger partial charge in [0.25, 0.3) is 0 Å². The fourth-order valence-corrected chi connectivity index (χ4v) is 2.78. The molecule has 0 N–H and O–H groups in total. The molecule has 0 heterocycles. The summed E-state index contributed by atoms with van der Waals surface area (Å²) in [6, 6.07) is 0. The van der Waals surface area contributed by atoms with Gasteiger partial charge in [0.1, 0.15) is 6.79 Å².